The molecule has 0 bridgehead atoms. The minimum atomic E-state index is -6.04. The number of aromatic nitrogens is 2. The van der Waals surface area contributed by atoms with E-state index in [1.54, 1.807) is 18.2 Å². The Kier molecular flexibility index (Phi) is 12.0. The predicted octanol–water partition coefficient (Wildman–Crippen LogP) is 6.42. The van der Waals surface area contributed by atoms with Crippen molar-refractivity contribution < 1.29 is 59.4 Å². The van der Waals surface area contributed by atoms with Gasteiger partial charge in [-0.15, -0.1) is 3.63 Å². The van der Waals surface area contributed by atoms with E-state index in [0.717, 1.165) is 6.20 Å². The molecule has 0 saturated heterocycles. The molecule has 0 atom stereocenters. The molecule has 11 nitrogen and oxygen atoms in total. The summed E-state index contributed by atoms with van der Waals surface area (Å²) >= 11 is 23.2. The van der Waals surface area contributed by atoms with Crippen molar-refractivity contribution in [3.63, 3.8) is 0 Å². The molecule has 0 unspecified atom stereocenters. The van der Waals surface area contributed by atoms with E-state index in [4.69, 9.17) is 46.4 Å². The first-order valence-electron chi connectivity index (χ1n) is 10.7. The van der Waals surface area contributed by atoms with Crippen molar-refractivity contribution in [2.45, 2.75) is 11.0 Å². The van der Waals surface area contributed by atoms with Crippen molar-refractivity contribution >= 4 is 98.3 Å². The number of fused-ring (bicyclic) bond motifs is 2. The molecule has 0 aliphatic rings. The maximum atomic E-state index is 12.3. The van der Waals surface area contributed by atoms with Crippen molar-refractivity contribution in [2.75, 3.05) is 6.26 Å². The number of halogens is 10. The van der Waals surface area contributed by atoms with Crippen molar-refractivity contribution in [1.82, 2.24) is 9.97 Å². The average molecular weight is 788 g/mol. The lowest BCUT2D eigenvalue weighted by Gasteiger charge is -2.11. The van der Waals surface area contributed by atoms with Crippen LogP contribution in [0.3, 0.4) is 0 Å². The lowest BCUT2D eigenvalue weighted by atomic mass is 10.2. The van der Waals surface area contributed by atoms with Crippen LogP contribution in [0, 0.1) is 0 Å². The summed E-state index contributed by atoms with van der Waals surface area (Å²) in [5, 5.41) is 2.89. The standard InChI is InChI=1S/C10H4Cl2F3NO3S.C9H5Cl2NO.C2H3F3O5S2/c11-5-1-2-6-7(3-5)8(12)4-16-9(6)19-20(17,18)10(13,14)15;10-5-1-2-6-7(3-5)8(11)4-12-9(6)13;1-11(6,7)10-12(8,9)2(3,4)5/h1-4H;1-4H,(H,12,13);1H3. The van der Waals surface area contributed by atoms with Gasteiger partial charge in [0, 0.05) is 37.8 Å². The third kappa shape index (κ3) is 10.5. The number of rotatable bonds is 4. The second-order valence-electron chi connectivity index (χ2n) is 7.91. The van der Waals surface area contributed by atoms with Crippen LogP contribution in [-0.2, 0) is 34.0 Å². The van der Waals surface area contributed by atoms with Gasteiger partial charge in [0.2, 0.25) is 5.88 Å². The second-order valence-corrected chi connectivity index (χ2v) is 14.5. The molecule has 0 aliphatic heterocycles. The number of aromatic amines is 1. The van der Waals surface area contributed by atoms with E-state index in [9.17, 15) is 56.4 Å². The van der Waals surface area contributed by atoms with Gasteiger partial charge in [0.1, 0.15) is 0 Å². The largest absolute Gasteiger partial charge is 0.534 e. The molecule has 0 aliphatic carbocycles. The fourth-order valence-electron chi connectivity index (χ4n) is 2.77. The molecule has 1 N–H and O–H groups in total. The molecule has 0 amide bonds. The number of hydrogen-bond donors (Lipinski definition) is 1. The second kappa shape index (κ2) is 14.0. The molecule has 4 aromatic rings. The van der Waals surface area contributed by atoms with Crippen LogP contribution in [-0.4, -0.2) is 52.5 Å². The van der Waals surface area contributed by atoms with Crippen LogP contribution in [0.2, 0.25) is 20.1 Å². The third-order valence-corrected chi connectivity index (χ3v) is 8.85. The Balaban J connectivity index is 0.000000247. The number of H-pyrrole nitrogens is 1. The number of benzene rings is 2. The topological polar surface area (TPSA) is 167 Å². The van der Waals surface area contributed by atoms with E-state index in [1.165, 1.54) is 24.4 Å². The summed E-state index contributed by atoms with van der Waals surface area (Å²) in [6, 6.07) is 8.95. The Morgan fingerprint density at radius 2 is 1.18 bits per heavy atom. The molecule has 248 valence electrons. The maximum absolute atomic E-state index is 12.3. The number of alkyl halides is 6. The van der Waals surface area contributed by atoms with Crippen molar-refractivity contribution in [3.8, 4) is 5.88 Å². The fourth-order valence-corrected chi connectivity index (χ4v) is 5.58. The zero-order valence-electron chi connectivity index (χ0n) is 21.2. The van der Waals surface area contributed by atoms with Crippen molar-refractivity contribution in [1.29, 1.82) is 0 Å². The molecule has 2 aromatic carbocycles. The zero-order valence-corrected chi connectivity index (χ0v) is 26.7. The van der Waals surface area contributed by atoms with Gasteiger partial charge in [-0.05, 0) is 36.4 Å². The molecule has 0 saturated carbocycles. The lowest BCUT2D eigenvalue weighted by molar-refractivity contribution is -0.0504. The maximum Gasteiger partial charge on any atom is 0.534 e. The summed E-state index contributed by atoms with van der Waals surface area (Å²) in [6.07, 6.45) is 2.63. The quantitative estimate of drug-likeness (QED) is 0.139. The molecular formula is C21H12Cl4F6N2O9S3. The molecule has 4 rings (SSSR count). The Hall–Kier alpha value is -2.59. The highest BCUT2D eigenvalue weighted by molar-refractivity contribution is 7.99. The van der Waals surface area contributed by atoms with Crippen LogP contribution in [0.4, 0.5) is 26.3 Å². The predicted molar refractivity (Wildman–Crippen MR) is 153 cm³/mol. The van der Waals surface area contributed by atoms with Crippen molar-refractivity contribution in [3.05, 3.63) is 79.2 Å². The summed E-state index contributed by atoms with van der Waals surface area (Å²) in [4.78, 5) is 17.3. The van der Waals surface area contributed by atoms with Crippen LogP contribution >= 0.6 is 46.4 Å². The lowest BCUT2D eigenvalue weighted by Crippen LogP contribution is -2.28. The number of nitrogens with one attached hydrogen (secondary N) is 1. The van der Waals surface area contributed by atoms with Gasteiger partial charge in [-0.1, -0.05) is 46.4 Å². The minimum absolute atomic E-state index is 0.00488. The number of hydrogen-bond acceptors (Lipinski definition) is 10. The van der Waals surface area contributed by atoms with Gasteiger partial charge in [-0.25, -0.2) is 4.98 Å². The van der Waals surface area contributed by atoms with Crippen LogP contribution in [0.5, 0.6) is 5.88 Å². The van der Waals surface area contributed by atoms with Gasteiger partial charge in [0.05, 0.1) is 22.5 Å². The molecule has 0 fully saturated rings. The number of nitrogens with zero attached hydrogens (tertiary/aromatic N) is 1. The summed E-state index contributed by atoms with van der Waals surface area (Å²) in [5.74, 6) is -0.724. The van der Waals surface area contributed by atoms with Crippen LogP contribution in [0.15, 0.2) is 53.6 Å². The van der Waals surface area contributed by atoms with Gasteiger partial charge in [0.15, 0.2) is 0 Å². The summed E-state index contributed by atoms with van der Waals surface area (Å²) in [6.45, 7) is 0. The summed E-state index contributed by atoms with van der Waals surface area (Å²) < 4.78 is 140. The van der Waals surface area contributed by atoms with E-state index in [2.05, 4.69) is 17.8 Å². The first-order valence-corrected chi connectivity index (χ1v) is 16.8. The van der Waals surface area contributed by atoms with E-state index in [-0.39, 0.29) is 32.6 Å². The van der Waals surface area contributed by atoms with E-state index in [1.807, 2.05) is 0 Å². The highest BCUT2D eigenvalue weighted by Crippen LogP contribution is 2.34. The molecule has 24 heteroatoms. The molecule has 2 aromatic heterocycles. The molecule has 45 heavy (non-hydrogen) atoms. The Labute approximate surface area is 268 Å². The van der Waals surface area contributed by atoms with E-state index in [0.29, 0.717) is 20.8 Å². The molecular weight excluding hydrogens is 776 g/mol. The SMILES string of the molecule is CS(=O)(=O)OS(=O)(=O)C(F)(F)F.O=S(=O)(Oc1ncc(Cl)c2cc(Cl)ccc12)C(F)(F)F.O=c1[nH]cc(Cl)c2cc(Cl)ccc12. The number of pyridine rings is 2. The summed E-state index contributed by atoms with van der Waals surface area (Å²) in [7, 11) is -16.5. The van der Waals surface area contributed by atoms with Gasteiger partial charge >= 0.3 is 31.3 Å². The van der Waals surface area contributed by atoms with Crippen LogP contribution in [0.25, 0.3) is 21.5 Å². The average Bonchev–Trinajstić information content (AvgIpc) is 2.86. The zero-order chi connectivity index (χ0) is 34.8. The molecule has 0 spiro atoms. The normalized spacial score (nSPS) is 12.6. The van der Waals surface area contributed by atoms with E-state index < -0.39 is 47.3 Å². The Morgan fingerprint density at radius 1 is 0.711 bits per heavy atom. The Bertz CT molecular complexity index is 2130. The van der Waals surface area contributed by atoms with Gasteiger partial charge in [0.25, 0.3) is 15.7 Å². The first-order chi connectivity index (χ1) is 20.3. The Morgan fingerprint density at radius 3 is 1.62 bits per heavy atom. The fraction of sp³-hybridized carbons (Fsp3) is 0.143. The molecule has 0 radical (unpaired) electrons. The first kappa shape index (κ1) is 38.6. The third-order valence-electron chi connectivity index (χ3n) is 4.55. The van der Waals surface area contributed by atoms with E-state index >= 15 is 0 Å². The van der Waals surface area contributed by atoms with Crippen LogP contribution < -0.4 is 9.74 Å². The van der Waals surface area contributed by atoms with Crippen molar-refractivity contribution in [2.24, 2.45) is 0 Å². The van der Waals surface area contributed by atoms with Gasteiger partial charge in [-0.2, -0.15) is 51.6 Å². The molecule has 2 heterocycles. The minimum Gasteiger partial charge on any atom is -0.355 e. The highest BCUT2D eigenvalue weighted by Gasteiger charge is 2.50. The van der Waals surface area contributed by atoms with Gasteiger partial charge < -0.3 is 9.17 Å². The van der Waals surface area contributed by atoms with Crippen LogP contribution in [0.1, 0.15) is 0 Å². The highest BCUT2D eigenvalue weighted by atomic mass is 35.5. The smallest absolute Gasteiger partial charge is 0.355 e. The van der Waals surface area contributed by atoms with Gasteiger partial charge in [-0.3, -0.25) is 4.79 Å². The monoisotopic (exact) mass is 786 g/mol. The summed E-state index contributed by atoms with van der Waals surface area (Å²) in [5.41, 5.74) is -11.4.